The number of hydrogen-bond donors (Lipinski definition) is 3. The number of aliphatic imine (C=N–C) groups is 1. The van der Waals surface area contributed by atoms with Crippen molar-refractivity contribution in [3.05, 3.63) is 96.3 Å². The molecule has 7 heteroatoms. The van der Waals surface area contributed by atoms with Gasteiger partial charge in [0.05, 0.1) is 11.7 Å². The van der Waals surface area contributed by atoms with Crippen LogP contribution in [0.5, 0.6) is 0 Å². The molecule has 3 N–H and O–H groups in total. The van der Waals surface area contributed by atoms with Gasteiger partial charge in [-0.15, -0.1) is 0 Å². The van der Waals surface area contributed by atoms with Crippen molar-refractivity contribution in [2.24, 2.45) is 4.99 Å². The number of aromatic nitrogens is 1. The maximum Gasteiger partial charge on any atom is 0.209 e. The van der Waals surface area contributed by atoms with Gasteiger partial charge in [-0.25, -0.2) is 4.99 Å². The van der Waals surface area contributed by atoms with Gasteiger partial charge in [0, 0.05) is 31.5 Å². The van der Waals surface area contributed by atoms with E-state index in [2.05, 4.69) is 91.5 Å². The second-order valence-electron chi connectivity index (χ2n) is 8.37. The van der Waals surface area contributed by atoms with Gasteiger partial charge in [0.15, 0.2) is 6.19 Å². The number of guanidine groups is 1. The first-order valence-electron chi connectivity index (χ1n) is 11.8. The Bertz CT molecular complexity index is 1020. The molecule has 0 aliphatic carbocycles. The smallest absolute Gasteiger partial charge is 0.209 e. The molecule has 3 aromatic rings. The lowest BCUT2D eigenvalue weighted by Gasteiger charge is -2.35. The Morgan fingerprint density at radius 3 is 2.18 bits per heavy atom. The normalized spacial score (nSPS) is 15.1. The van der Waals surface area contributed by atoms with Crippen molar-refractivity contribution in [3.8, 4) is 6.19 Å². The van der Waals surface area contributed by atoms with Crippen molar-refractivity contribution in [1.29, 1.82) is 5.26 Å². The fourth-order valence-electron chi connectivity index (χ4n) is 4.28. The van der Waals surface area contributed by atoms with Gasteiger partial charge >= 0.3 is 0 Å². The van der Waals surface area contributed by atoms with Crippen LogP contribution in [0.25, 0.3) is 0 Å². The summed E-state index contributed by atoms with van der Waals surface area (Å²) in [7, 11) is 0. The SMILES string of the molecule is N#CNC(=Nc1ccncc1)NCCN1CCC(NC(c2ccccc2)c2ccccc2)CC1. The minimum atomic E-state index is 0.199. The van der Waals surface area contributed by atoms with Gasteiger partial charge in [0.1, 0.15) is 0 Å². The van der Waals surface area contributed by atoms with E-state index in [9.17, 15) is 0 Å². The molecule has 2 heterocycles. The van der Waals surface area contributed by atoms with Gasteiger partial charge in [-0.05, 0) is 49.2 Å². The maximum absolute atomic E-state index is 9.02. The lowest BCUT2D eigenvalue weighted by molar-refractivity contribution is 0.196. The number of benzene rings is 2. The minimum absolute atomic E-state index is 0.199. The molecular weight excluding hydrogens is 422 g/mol. The van der Waals surface area contributed by atoms with Crippen molar-refractivity contribution in [3.63, 3.8) is 0 Å². The molecular formula is C27H31N7. The molecule has 2 aromatic carbocycles. The molecule has 1 aliphatic heterocycles. The summed E-state index contributed by atoms with van der Waals surface area (Å²) in [6.45, 7) is 3.69. The van der Waals surface area contributed by atoms with Crippen LogP contribution in [-0.2, 0) is 0 Å². The Kier molecular flexibility index (Phi) is 8.61. The lowest BCUT2D eigenvalue weighted by Crippen LogP contribution is -2.46. The lowest BCUT2D eigenvalue weighted by atomic mass is 9.95. The van der Waals surface area contributed by atoms with Crippen molar-refractivity contribution >= 4 is 11.6 Å². The molecule has 34 heavy (non-hydrogen) atoms. The fourth-order valence-corrected chi connectivity index (χ4v) is 4.28. The largest absolute Gasteiger partial charge is 0.354 e. The van der Waals surface area contributed by atoms with E-state index < -0.39 is 0 Å². The summed E-state index contributed by atoms with van der Waals surface area (Å²) in [5.74, 6) is 0.457. The van der Waals surface area contributed by atoms with Crippen LogP contribution >= 0.6 is 0 Å². The Morgan fingerprint density at radius 2 is 1.59 bits per heavy atom. The Balaban J connectivity index is 1.27. The molecule has 0 unspecified atom stereocenters. The van der Waals surface area contributed by atoms with Crippen LogP contribution in [0, 0.1) is 11.5 Å². The summed E-state index contributed by atoms with van der Waals surface area (Å²) in [4.78, 5) is 10.9. The Morgan fingerprint density at radius 1 is 0.971 bits per heavy atom. The van der Waals surface area contributed by atoms with E-state index in [1.807, 2.05) is 6.19 Å². The molecule has 0 spiro atoms. The van der Waals surface area contributed by atoms with Gasteiger partial charge < -0.3 is 15.5 Å². The number of pyridine rings is 1. The number of nitrogens with zero attached hydrogens (tertiary/aromatic N) is 4. The summed E-state index contributed by atoms with van der Waals surface area (Å²) < 4.78 is 0. The van der Waals surface area contributed by atoms with Gasteiger partial charge in [-0.2, -0.15) is 5.26 Å². The van der Waals surface area contributed by atoms with E-state index in [1.54, 1.807) is 24.5 Å². The predicted molar refractivity (Wildman–Crippen MR) is 135 cm³/mol. The maximum atomic E-state index is 9.02. The highest BCUT2D eigenvalue weighted by atomic mass is 15.2. The van der Waals surface area contributed by atoms with E-state index in [1.165, 1.54) is 11.1 Å². The molecule has 4 rings (SSSR count). The molecule has 174 valence electrons. The zero-order valence-corrected chi connectivity index (χ0v) is 19.3. The average Bonchev–Trinajstić information content (AvgIpc) is 2.90. The highest BCUT2D eigenvalue weighted by Crippen LogP contribution is 2.24. The van der Waals surface area contributed by atoms with Crippen LogP contribution in [0.4, 0.5) is 5.69 Å². The fraction of sp³-hybridized carbons (Fsp3) is 0.296. The molecule has 1 aromatic heterocycles. The number of nitrogens with one attached hydrogen (secondary N) is 3. The molecule has 7 nitrogen and oxygen atoms in total. The van der Waals surface area contributed by atoms with Crippen LogP contribution in [0.2, 0.25) is 0 Å². The van der Waals surface area contributed by atoms with Gasteiger partial charge in [0.2, 0.25) is 5.96 Å². The van der Waals surface area contributed by atoms with Crippen LogP contribution in [0.15, 0.2) is 90.2 Å². The van der Waals surface area contributed by atoms with Crippen LogP contribution in [-0.4, -0.2) is 48.1 Å². The second kappa shape index (κ2) is 12.5. The number of nitriles is 1. The molecule has 0 atom stereocenters. The number of piperidine rings is 1. The summed E-state index contributed by atoms with van der Waals surface area (Å²) in [5, 5.41) is 18.8. The first-order valence-corrected chi connectivity index (χ1v) is 11.8. The third-order valence-electron chi connectivity index (χ3n) is 6.05. The summed E-state index contributed by atoms with van der Waals surface area (Å²) >= 11 is 0. The van der Waals surface area contributed by atoms with E-state index in [4.69, 9.17) is 5.26 Å². The summed E-state index contributed by atoms with van der Waals surface area (Å²) in [6, 6.07) is 25.6. The molecule has 1 aliphatic rings. The van der Waals surface area contributed by atoms with Crippen molar-refractivity contribution < 1.29 is 0 Å². The van der Waals surface area contributed by atoms with E-state index in [0.717, 1.165) is 38.2 Å². The van der Waals surface area contributed by atoms with Crippen molar-refractivity contribution in [1.82, 2.24) is 25.8 Å². The minimum Gasteiger partial charge on any atom is -0.354 e. The van der Waals surface area contributed by atoms with Crippen molar-refractivity contribution in [2.45, 2.75) is 24.9 Å². The highest BCUT2D eigenvalue weighted by molar-refractivity contribution is 5.83. The van der Waals surface area contributed by atoms with E-state index >= 15 is 0 Å². The molecule has 1 saturated heterocycles. The third kappa shape index (κ3) is 6.88. The number of likely N-dealkylation sites (tertiary alicyclic amines) is 1. The zero-order valence-electron chi connectivity index (χ0n) is 19.3. The zero-order chi connectivity index (χ0) is 23.4. The molecule has 0 radical (unpaired) electrons. The van der Waals surface area contributed by atoms with E-state index in [-0.39, 0.29) is 6.04 Å². The molecule has 0 saturated carbocycles. The first-order chi connectivity index (χ1) is 16.8. The quantitative estimate of drug-likeness (QED) is 0.209. The van der Waals surface area contributed by atoms with Gasteiger partial charge in [0.25, 0.3) is 0 Å². The number of rotatable bonds is 8. The summed E-state index contributed by atoms with van der Waals surface area (Å²) in [6.07, 6.45) is 7.51. The Hall–Kier alpha value is -3.73. The third-order valence-corrected chi connectivity index (χ3v) is 6.05. The first kappa shape index (κ1) is 23.4. The molecule has 1 fully saturated rings. The standard InChI is InChI=1S/C27H31N7/c28-21-31-27(33-24-11-15-29-16-12-24)30-17-20-34-18-13-25(14-19-34)32-26(22-7-3-1-4-8-22)23-9-5-2-6-10-23/h1-12,15-16,25-26,32H,13-14,17-20H2,(H2,29,30,31,33). The average molecular weight is 454 g/mol. The number of hydrogen-bond acceptors (Lipinski definition) is 5. The monoisotopic (exact) mass is 453 g/mol. The second-order valence-corrected chi connectivity index (χ2v) is 8.37. The van der Waals surface area contributed by atoms with Crippen molar-refractivity contribution in [2.75, 3.05) is 26.2 Å². The van der Waals surface area contributed by atoms with Crippen LogP contribution < -0.4 is 16.0 Å². The highest BCUT2D eigenvalue weighted by Gasteiger charge is 2.23. The van der Waals surface area contributed by atoms with E-state index in [0.29, 0.717) is 18.5 Å². The molecule has 0 amide bonds. The Labute approximate surface area is 201 Å². The predicted octanol–water partition coefficient (Wildman–Crippen LogP) is 3.57. The molecule has 0 bridgehead atoms. The van der Waals surface area contributed by atoms with Crippen LogP contribution in [0.3, 0.4) is 0 Å². The van der Waals surface area contributed by atoms with Crippen LogP contribution in [0.1, 0.15) is 30.0 Å². The van der Waals surface area contributed by atoms with Gasteiger partial charge in [-0.3, -0.25) is 10.3 Å². The summed E-state index contributed by atoms with van der Waals surface area (Å²) in [5.41, 5.74) is 3.34. The topological polar surface area (TPSA) is 88.4 Å². The van der Waals surface area contributed by atoms with Gasteiger partial charge in [-0.1, -0.05) is 60.7 Å².